The molecule has 1 aliphatic heterocycles. The number of hydrogen-bond acceptors (Lipinski definition) is 3. The zero-order valence-electron chi connectivity index (χ0n) is 13.4. The van der Waals surface area contributed by atoms with Gasteiger partial charge in [-0.15, -0.1) is 0 Å². The molecule has 1 fully saturated rings. The summed E-state index contributed by atoms with van der Waals surface area (Å²) in [5.41, 5.74) is 3.86. The van der Waals surface area contributed by atoms with Crippen molar-refractivity contribution in [2.24, 2.45) is 0 Å². The minimum absolute atomic E-state index is 0.507. The number of piperidine rings is 1. The van der Waals surface area contributed by atoms with E-state index in [4.69, 9.17) is 0 Å². The second-order valence-corrected chi connectivity index (χ2v) is 6.24. The lowest BCUT2D eigenvalue weighted by Gasteiger charge is -2.38. The van der Waals surface area contributed by atoms with Crippen molar-refractivity contribution in [2.45, 2.75) is 72.0 Å². The summed E-state index contributed by atoms with van der Waals surface area (Å²) in [6.45, 7) is 10.9. The molecule has 1 aromatic rings. The van der Waals surface area contributed by atoms with Crippen molar-refractivity contribution < 1.29 is 0 Å². The number of pyridine rings is 1. The monoisotopic (exact) mass is 275 g/mol. The van der Waals surface area contributed by atoms with E-state index in [1.165, 1.54) is 43.5 Å². The van der Waals surface area contributed by atoms with Gasteiger partial charge in [-0.2, -0.15) is 0 Å². The first-order valence-electron chi connectivity index (χ1n) is 8.07. The van der Waals surface area contributed by atoms with E-state index in [-0.39, 0.29) is 0 Å². The van der Waals surface area contributed by atoms with Gasteiger partial charge in [-0.1, -0.05) is 20.8 Å². The van der Waals surface area contributed by atoms with Crippen LogP contribution < -0.4 is 10.2 Å². The Morgan fingerprint density at radius 3 is 2.90 bits per heavy atom. The summed E-state index contributed by atoms with van der Waals surface area (Å²) in [7, 11) is 0. The van der Waals surface area contributed by atoms with Crippen molar-refractivity contribution in [3.8, 4) is 0 Å². The van der Waals surface area contributed by atoms with E-state index in [0.717, 1.165) is 12.2 Å². The fraction of sp³-hybridized carbons (Fsp3) is 0.706. The highest BCUT2D eigenvalue weighted by Crippen LogP contribution is 2.29. The zero-order valence-corrected chi connectivity index (χ0v) is 13.4. The molecule has 1 N–H and O–H groups in total. The SMILES string of the molecule is CCC1CCCCN1c1cc(C)ncc1CNC(C)C. The highest BCUT2D eigenvalue weighted by Gasteiger charge is 2.23. The van der Waals surface area contributed by atoms with E-state index in [1.54, 1.807) is 0 Å². The first kappa shape index (κ1) is 15.3. The summed E-state index contributed by atoms with van der Waals surface area (Å²) < 4.78 is 0. The lowest BCUT2D eigenvalue weighted by Crippen LogP contribution is -2.40. The molecule has 1 aliphatic rings. The molecule has 0 aromatic carbocycles. The van der Waals surface area contributed by atoms with Gasteiger partial charge in [0.2, 0.25) is 0 Å². The third-order valence-corrected chi connectivity index (χ3v) is 4.21. The summed E-state index contributed by atoms with van der Waals surface area (Å²) in [5.74, 6) is 0. The van der Waals surface area contributed by atoms with Gasteiger partial charge in [0, 0.05) is 48.3 Å². The fourth-order valence-corrected chi connectivity index (χ4v) is 3.03. The van der Waals surface area contributed by atoms with Crippen molar-refractivity contribution in [1.29, 1.82) is 0 Å². The molecule has 0 bridgehead atoms. The molecule has 3 heteroatoms. The molecule has 0 radical (unpaired) electrons. The van der Waals surface area contributed by atoms with Gasteiger partial charge in [-0.05, 0) is 38.7 Å². The van der Waals surface area contributed by atoms with Gasteiger partial charge < -0.3 is 10.2 Å². The molecule has 2 rings (SSSR count). The Hall–Kier alpha value is -1.09. The second kappa shape index (κ2) is 7.07. The van der Waals surface area contributed by atoms with Crippen LogP contribution >= 0.6 is 0 Å². The topological polar surface area (TPSA) is 28.2 Å². The Morgan fingerprint density at radius 1 is 1.40 bits per heavy atom. The number of nitrogens with zero attached hydrogens (tertiary/aromatic N) is 2. The van der Waals surface area contributed by atoms with Crippen LogP contribution in [-0.2, 0) is 6.54 Å². The molecule has 0 amide bonds. The van der Waals surface area contributed by atoms with Crippen LogP contribution in [0.15, 0.2) is 12.3 Å². The van der Waals surface area contributed by atoms with Crippen LogP contribution in [0.2, 0.25) is 0 Å². The molecule has 0 aliphatic carbocycles. The van der Waals surface area contributed by atoms with Crippen molar-refractivity contribution >= 4 is 5.69 Å². The molecule has 112 valence electrons. The van der Waals surface area contributed by atoms with Crippen LogP contribution in [0.1, 0.15) is 57.7 Å². The summed E-state index contributed by atoms with van der Waals surface area (Å²) in [6.07, 6.45) is 7.31. The van der Waals surface area contributed by atoms with Gasteiger partial charge >= 0.3 is 0 Å². The maximum absolute atomic E-state index is 4.50. The maximum Gasteiger partial charge on any atom is 0.0448 e. The van der Waals surface area contributed by atoms with Gasteiger partial charge in [-0.3, -0.25) is 4.98 Å². The number of rotatable bonds is 5. The number of anilines is 1. The van der Waals surface area contributed by atoms with Gasteiger partial charge in [0.25, 0.3) is 0 Å². The van der Waals surface area contributed by atoms with Gasteiger partial charge in [-0.25, -0.2) is 0 Å². The average Bonchev–Trinajstić information content (AvgIpc) is 2.45. The second-order valence-electron chi connectivity index (χ2n) is 6.24. The molecule has 0 spiro atoms. The van der Waals surface area contributed by atoms with Crippen molar-refractivity contribution in [3.05, 3.63) is 23.5 Å². The lowest BCUT2D eigenvalue weighted by molar-refractivity contribution is 0.448. The molecule has 1 saturated heterocycles. The number of nitrogens with one attached hydrogen (secondary N) is 1. The average molecular weight is 275 g/mol. The standard InChI is InChI=1S/C17H29N3/c1-5-16-8-6-7-9-20(16)17-10-14(4)19-12-15(17)11-18-13(2)3/h10,12-13,16,18H,5-9,11H2,1-4H3. The Bertz CT molecular complexity index is 428. The Balaban J connectivity index is 2.25. The van der Waals surface area contributed by atoms with E-state index in [9.17, 15) is 0 Å². The molecular weight excluding hydrogens is 246 g/mol. The summed E-state index contributed by atoms with van der Waals surface area (Å²) >= 11 is 0. The van der Waals surface area contributed by atoms with E-state index in [2.05, 4.69) is 55.2 Å². The normalized spacial score (nSPS) is 19.6. The first-order valence-corrected chi connectivity index (χ1v) is 8.07. The smallest absolute Gasteiger partial charge is 0.0448 e. The molecule has 1 atom stereocenters. The predicted molar refractivity (Wildman–Crippen MR) is 86.2 cm³/mol. The Morgan fingerprint density at radius 2 is 2.20 bits per heavy atom. The largest absolute Gasteiger partial charge is 0.368 e. The summed E-state index contributed by atoms with van der Waals surface area (Å²) in [4.78, 5) is 7.12. The fourth-order valence-electron chi connectivity index (χ4n) is 3.03. The molecular formula is C17H29N3. The highest BCUT2D eigenvalue weighted by molar-refractivity contribution is 5.54. The van der Waals surface area contributed by atoms with E-state index >= 15 is 0 Å². The summed E-state index contributed by atoms with van der Waals surface area (Å²) in [6, 6.07) is 3.47. The van der Waals surface area contributed by atoms with Gasteiger partial charge in [0.1, 0.15) is 0 Å². The molecule has 3 nitrogen and oxygen atoms in total. The third-order valence-electron chi connectivity index (χ3n) is 4.21. The molecule has 20 heavy (non-hydrogen) atoms. The van der Waals surface area contributed by atoms with Crippen molar-refractivity contribution in [1.82, 2.24) is 10.3 Å². The van der Waals surface area contributed by atoms with Crippen molar-refractivity contribution in [3.63, 3.8) is 0 Å². The highest BCUT2D eigenvalue weighted by atomic mass is 15.2. The van der Waals surface area contributed by atoms with Crippen LogP contribution in [0, 0.1) is 6.92 Å². The molecule has 1 unspecified atom stereocenters. The Labute approximate surface area is 123 Å². The minimum Gasteiger partial charge on any atom is -0.368 e. The van der Waals surface area contributed by atoms with E-state index in [1.807, 2.05) is 0 Å². The zero-order chi connectivity index (χ0) is 14.5. The van der Waals surface area contributed by atoms with Crippen LogP contribution in [0.5, 0.6) is 0 Å². The lowest BCUT2D eigenvalue weighted by atomic mass is 9.98. The van der Waals surface area contributed by atoms with Crippen LogP contribution in [0.25, 0.3) is 0 Å². The maximum atomic E-state index is 4.50. The number of hydrogen-bond donors (Lipinski definition) is 1. The van der Waals surface area contributed by atoms with Gasteiger partial charge in [0.05, 0.1) is 0 Å². The van der Waals surface area contributed by atoms with Crippen LogP contribution in [-0.4, -0.2) is 23.6 Å². The predicted octanol–water partition coefficient (Wildman–Crippen LogP) is 3.66. The first-order chi connectivity index (χ1) is 9.61. The number of aromatic nitrogens is 1. The van der Waals surface area contributed by atoms with Crippen molar-refractivity contribution in [2.75, 3.05) is 11.4 Å². The molecule has 0 saturated carbocycles. The molecule has 1 aromatic heterocycles. The van der Waals surface area contributed by atoms with E-state index < -0.39 is 0 Å². The van der Waals surface area contributed by atoms with Gasteiger partial charge in [0.15, 0.2) is 0 Å². The Kier molecular flexibility index (Phi) is 5.41. The quantitative estimate of drug-likeness (QED) is 0.889. The number of aryl methyl sites for hydroxylation is 1. The van der Waals surface area contributed by atoms with Crippen LogP contribution in [0.3, 0.4) is 0 Å². The van der Waals surface area contributed by atoms with E-state index in [0.29, 0.717) is 12.1 Å². The van der Waals surface area contributed by atoms with Crippen LogP contribution in [0.4, 0.5) is 5.69 Å². The molecule has 2 heterocycles. The minimum atomic E-state index is 0.507. The third kappa shape index (κ3) is 3.72. The summed E-state index contributed by atoms with van der Waals surface area (Å²) in [5, 5.41) is 3.53.